The molecular formula is C51H32BN2OS. The van der Waals surface area contributed by atoms with Gasteiger partial charge in [0.05, 0.1) is 15.9 Å². The van der Waals surface area contributed by atoms with Crippen LogP contribution in [0.4, 0.5) is 11.4 Å². The van der Waals surface area contributed by atoms with Gasteiger partial charge in [-0.15, -0.1) is 11.3 Å². The number of rotatable bonds is 3. The number of nitrogens with one attached hydrogen (secondary N) is 1. The minimum absolute atomic E-state index is 0.105. The van der Waals surface area contributed by atoms with Gasteiger partial charge in [0.2, 0.25) is 0 Å². The molecule has 13 rings (SSSR count). The number of hydrogen-bond acceptors (Lipinski definition) is 3. The van der Waals surface area contributed by atoms with Crippen molar-refractivity contribution in [1.29, 1.82) is 0 Å². The molecule has 3 nitrogen and oxygen atoms in total. The first kappa shape index (κ1) is 30.7. The summed E-state index contributed by atoms with van der Waals surface area (Å²) < 4.78 is 12.2. The SMILES string of the molecule is CC1(C)c2ccccc2-c2ccc(Nc3c(-c4c5c(cc6c4oc4ccccc46)-n4c6c(cccc6c6sc7ccccc7c64)[B]5)ccc4ccccc34)cc21. The fourth-order valence-electron chi connectivity index (χ4n) is 10.1. The van der Waals surface area contributed by atoms with Gasteiger partial charge in [0.25, 0.3) is 0 Å². The maximum absolute atomic E-state index is 6.98. The van der Waals surface area contributed by atoms with Crippen LogP contribution in [0.3, 0.4) is 0 Å². The zero-order valence-electron chi connectivity index (χ0n) is 30.8. The van der Waals surface area contributed by atoms with Crippen LogP contribution in [0.15, 0.2) is 156 Å². The van der Waals surface area contributed by atoms with E-state index in [1.165, 1.54) is 75.4 Å². The summed E-state index contributed by atoms with van der Waals surface area (Å²) in [4.78, 5) is 0. The highest BCUT2D eigenvalue weighted by Crippen LogP contribution is 2.51. The Hall–Kier alpha value is -6.56. The average molecular weight is 732 g/mol. The highest BCUT2D eigenvalue weighted by Gasteiger charge is 2.36. The molecule has 0 saturated heterocycles. The number of benzene rings is 8. The van der Waals surface area contributed by atoms with Crippen molar-refractivity contribution in [2.75, 3.05) is 5.32 Å². The molecule has 1 N–H and O–H groups in total. The van der Waals surface area contributed by atoms with Crippen molar-refractivity contribution < 1.29 is 4.42 Å². The Bertz CT molecular complexity index is 3530. The summed E-state index contributed by atoms with van der Waals surface area (Å²) in [5.41, 5.74) is 17.5. The third-order valence-electron chi connectivity index (χ3n) is 12.6. The number of hydrogen-bond donors (Lipinski definition) is 1. The lowest BCUT2D eigenvalue weighted by Crippen LogP contribution is -2.37. The molecule has 261 valence electrons. The number of para-hydroxylation sites is 2. The van der Waals surface area contributed by atoms with Crippen LogP contribution < -0.4 is 16.2 Å². The second kappa shape index (κ2) is 10.8. The topological polar surface area (TPSA) is 30.1 Å². The van der Waals surface area contributed by atoms with Crippen LogP contribution in [0.1, 0.15) is 25.0 Å². The zero-order chi connectivity index (χ0) is 36.9. The number of fused-ring (bicyclic) bond motifs is 14. The van der Waals surface area contributed by atoms with Crippen LogP contribution in [-0.2, 0) is 5.41 Å². The lowest BCUT2D eigenvalue weighted by molar-refractivity contribution is 0.660. The van der Waals surface area contributed by atoms with Crippen LogP contribution in [0, 0.1) is 0 Å². The summed E-state index contributed by atoms with van der Waals surface area (Å²) in [6.07, 6.45) is 0. The Morgan fingerprint density at radius 3 is 2.29 bits per heavy atom. The van der Waals surface area contributed by atoms with Crippen molar-refractivity contribution >= 4 is 105 Å². The van der Waals surface area contributed by atoms with Gasteiger partial charge in [0.1, 0.15) is 11.2 Å². The number of aromatic nitrogens is 1. The number of thiophene rings is 1. The van der Waals surface area contributed by atoms with E-state index in [4.69, 9.17) is 4.42 Å². The van der Waals surface area contributed by atoms with E-state index in [0.717, 1.165) is 49.9 Å². The molecule has 3 aromatic heterocycles. The molecule has 0 unspecified atom stereocenters. The van der Waals surface area contributed by atoms with Gasteiger partial charge in [-0.1, -0.05) is 141 Å². The third-order valence-corrected chi connectivity index (χ3v) is 13.8. The largest absolute Gasteiger partial charge is 0.455 e. The molecule has 0 saturated carbocycles. The predicted octanol–water partition coefficient (Wildman–Crippen LogP) is 12.7. The smallest absolute Gasteiger partial charge is 0.198 e. The third kappa shape index (κ3) is 3.93. The second-order valence-electron chi connectivity index (χ2n) is 15.9. The van der Waals surface area contributed by atoms with E-state index in [1.807, 2.05) is 11.3 Å². The maximum Gasteiger partial charge on any atom is 0.198 e. The molecule has 1 radical (unpaired) electrons. The number of furan rings is 1. The van der Waals surface area contributed by atoms with Crippen molar-refractivity contribution in [2.45, 2.75) is 19.3 Å². The first-order chi connectivity index (χ1) is 27.5. The highest BCUT2D eigenvalue weighted by molar-refractivity contribution is 7.26. The first-order valence-corrected chi connectivity index (χ1v) is 20.2. The summed E-state index contributed by atoms with van der Waals surface area (Å²) in [5, 5.41) is 11.2. The Morgan fingerprint density at radius 1 is 0.607 bits per heavy atom. The Kier molecular flexibility index (Phi) is 5.93. The first-order valence-electron chi connectivity index (χ1n) is 19.3. The summed E-state index contributed by atoms with van der Waals surface area (Å²) in [5.74, 6) is 0. The maximum atomic E-state index is 6.98. The van der Waals surface area contributed by atoms with Gasteiger partial charge in [-0.25, -0.2) is 0 Å². The Morgan fingerprint density at radius 2 is 1.36 bits per heavy atom. The van der Waals surface area contributed by atoms with E-state index in [1.54, 1.807) is 0 Å². The van der Waals surface area contributed by atoms with E-state index < -0.39 is 0 Å². The molecule has 0 atom stereocenters. The Labute approximate surface area is 327 Å². The van der Waals surface area contributed by atoms with Crippen LogP contribution in [0.2, 0.25) is 0 Å². The molecule has 1 aliphatic carbocycles. The van der Waals surface area contributed by atoms with E-state index in [-0.39, 0.29) is 5.41 Å². The van der Waals surface area contributed by atoms with Crippen molar-refractivity contribution in [1.82, 2.24) is 4.57 Å². The van der Waals surface area contributed by atoms with Gasteiger partial charge in [0.15, 0.2) is 7.28 Å². The normalized spacial score (nSPS) is 13.8. The standard InChI is InChI=1S/C51H32BN2OS/c1-51(2)38-18-8-5-14-31(38)32-25-23-29(26-39(32)51)53-46-30-13-4-3-12-28(30)22-24-35(46)44-45-41(27-37-33-15-6-9-20-42(33)55-49(37)44)54-47-36(17-11-19-40(47)52-45)50-48(54)34-16-7-10-21-43(34)56-50/h3-27,53H,1-2H3. The van der Waals surface area contributed by atoms with Crippen molar-refractivity contribution in [2.24, 2.45) is 0 Å². The van der Waals surface area contributed by atoms with Crippen LogP contribution >= 0.6 is 11.3 Å². The van der Waals surface area contributed by atoms with Crippen molar-refractivity contribution in [3.05, 3.63) is 163 Å². The van der Waals surface area contributed by atoms with Crippen molar-refractivity contribution in [3.63, 3.8) is 0 Å². The highest BCUT2D eigenvalue weighted by atomic mass is 32.1. The molecule has 0 spiro atoms. The molecule has 56 heavy (non-hydrogen) atoms. The molecule has 2 aliphatic rings. The van der Waals surface area contributed by atoms with Gasteiger partial charge >= 0.3 is 0 Å². The summed E-state index contributed by atoms with van der Waals surface area (Å²) in [6, 6.07) is 55.5. The molecule has 1 aliphatic heterocycles. The quantitative estimate of drug-likeness (QED) is 0.183. The molecule has 11 aromatic rings. The molecule has 0 fully saturated rings. The molecule has 0 bridgehead atoms. The lowest BCUT2D eigenvalue weighted by atomic mass is 9.59. The fourth-order valence-corrected chi connectivity index (χ4v) is 11.3. The van der Waals surface area contributed by atoms with Gasteiger partial charge in [-0.2, -0.15) is 0 Å². The van der Waals surface area contributed by atoms with E-state index in [2.05, 4.69) is 183 Å². The van der Waals surface area contributed by atoms with Gasteiger partial charge in [0, 0.05) is 65.1 Å². The van der Waals surface area contributed by atoms with Crippen molar-refractivity contribution in [3.8, 4) is 27.9 Å². The summed E-state index contributed by atoms with van der Waals surface area (Å²) >= 11 is 1.89. The fraction of sp³-hybridized carbons (Fsp3) is 0.0588. The molecule has 8 aromatic carbocycles. The number of anilines is 2. The van der Waals surface area contributed by atoms with E-state index in [9.17, 15) is 0 Å². The zero-order valence-corrected chi connectivity index (χ0v) is 31.6. The minimum Gasteiger partial charge on any atom is -0.455 e. The molecule has 4 heterocycles. The predicted molar refractivity (Wildman–Crippen MR) is 239 cm³/mol. The minimum atomic E-state index is -0.105. The van der Waals surface area contributed by atoms with Crippen LogP contribution in [0.5, 0.6) is 0 Å². The van der Waals surface area contributed by atoms with Crippen LogP contribution in [-0.4, -0.2) is 11.8 Å². The monoisotopic (exact) mass is 731 g/mol. The lowest BCUT2D eigenvalue weighted by Gasteiger charge is -2.25. The second-order valence-corrected chi connectivity index (χ2v) is 17.0. The molecule has 5 heteroatoms. The molecule has 0 amide bonds. The van der Waals surface area contributed by atoms with Gasteiger partial charge in [-0.05, 0) is 63.4 Å². The summed E-state index contributed by atoms with van der Waals surface area (Å²) in [6.45, 7) is 4.69. The number of nitrogens with zero attached hydrogens (tertiary/aromatic N) is 1. The summed E-state index contributed by atoms with van der Waals surface area (Å²) in [7, 11) is 2.40. The van der Waals surface area contributed by atoms with E-state index >= 15 is 0 Å². The Balaban J connectivity index is 1.12. The van der Waals surface area contributed by atoms with Gasteiger partial charge < -0.3 is 14.3 Å². The molecular weight excluding hydrogens is 699 g/mol. The van der Waals surface area contributed by atoms with E-state index in [0.29, 0.717) is 0 Å². The average Bonchev–Trinajstić information content (AvgIpc) is 3.95. The van der Waals surface area contributed by atoms with Gasteiger partial charge in [-0.3, -0.25) is 0 Å². The van der Waals surface area contributed by atoms with Crippen LogP contribution in [0.25, 0.3) is 91.9 Å².